The average Bonchev–Trinajstić information content (AvgIpc) is 2.70. The van der Waals surface area contributed by atoms with E-state index < -0.39 is 29.6 Å². The van der Waals surface area contributed by atoms with Gasteiger partial charge in [-0.3, -0.25) is 4.79 Å². The number of benzene rings is 2. The molecule has 0 fully saturated rings. The Morgan fingerprint density at radius 1 is 0.967 bits per heavy atom. The zero-order valence-corrected chi connectivity index (χ0v) is 17.3. The quantitative estimate of drug-likeness (QED) is 0.555. The SMILES string of the molecule is CC(C)(CC(=O)N[C@H](CCc1ccccc1)C(=O)O)NC(=O)OCc1ccccc1. The van der Waals surface area contributed by atoms with Gasteiger partial charge in [0.1, 0.15) is 12.6 Å². The predicted molar refractivity (Wildman–Crippen MR) is 113 cm³/mol. The molecule has 0 saturated heterocycles. The van der Waals surface area contributed by atoms with E-state index in [0.29, 0.717) is 6.42 Å². The third kappa shape index (κ3) is 8.34. The molecule has 7 heteroatoms. The zero-order chi connectivity index (χ0) is 22.0. The molecule has 3 N–H and O–H groups in total. The maximum absolute atomic E-state index is 12.4. The van der Waals surface area contributed by atoms with Crippen LogP contribution in [0.3, 0.4) is 0 Å². The number of carbonyl (C=O) groups is 3. The monoisotopic (exact) mass is 412 g/mol. The molecular formula is C23H28N2O5. The van der Waals surface area contributed by atoms with Crippen molar-refractivity contribution in [1.82, 2.24) is 10.6 Å². The van der Waals surface area contributed by atoms with Crippen LogP contribution in [0, 0.1) is 0 Å². The molecular weight excluding hydrogens is 384 g/mol. The molecule has 0 radical (unpaired) electrons. The molecule has 0 bridgehead atoms. The summed E-state index contributed by atoms with van der Waals surface area (Å²) in [5.74, 6) is -1.55. The van der Waals surface area contributed by atoms with E-state index in [4.69, 9.17) is 4.74 Å². The molecule has 0 aliphatic rings. The number of hydrogen-bond donors (Lipinski definition) is 3. The summed E-state index contributed by atoms with van der Waals surface area (Å²) in [5.41, 5.74) is 0.951. The lowest BCUT2D eigenvalue weighted by Crippen LogP contribution is -2.49. The van der Waals surface area contributed by atoms with Crippen LogP contribution in [0.1, 0.15) is 37.8 Å². The summed E-state index contributed by atoms with van der Waals surface area (Å²) in [6.07, 6.45) is 0.0853. The second-order valence-corrected chi connectivity index (χ2v) is 7.73. The predicted octanol–water partition coefficient (Wildman–Crippen LogP) is 3.28. The molecule has 0 aromatic heterocycles. The highest BCUT2D eigenvalue weighted by Gasteiger charge is 2.27. The lowest BCUT2D eigenvalue weighted by molar-refractivity contribution is -0.142. The molecule has 0 aliphatic carbocycles. The van der Waals surface area contributed by atoms with Gasteiger partial charge in [0.05, 0.1) is 0 Å². The molecule has 0 aliphatic heterocycles. The smallest absolute Gasteiger partial charge is 0.407 e. The number of rotatable bonds is 10. The van der Waals surface area contributed by atoms with Crippen molar-refractivity contribution in [3.8, 4) is 0 Å². The van der Waals surface area contributed by atoms with Crippen molar-refractivity contribution in [3.63, 3.8) is 0 Å². The van der Waals surface area contributed by atoms with E-state index in [9.17, 15) is 19.5 Å². The fourth-order valence-corrected chi connectivity index (χ4v) is 2.94. The van der Waals surface area contributed by atoms with Crippen LogP contribution in [-0.4, -0.2) is 34.7 Å². The van der Waals surface area contributed by atoms with Crippen LogP contribution in [0.2, 0.25) is 0 Å². The highest BCUT2D eigenvalue weighted by Crippen LogP contribution is 2.11. The number of carboxylic acid groups (broad SMARTS) is 1. The minimum Gasteiger partial charge on any atom is -0.480 e. The summed E-state index contributed by atoms with van der Waals surface area (Å²) in [6.45, 7) is 3.47. The van der Waals surface area contributed by atoms with Gasteiger partial charge < -0.3 is 20.5 Å². The van der Waals surface area contributed by atoms with Crippen LogP contribution in [0.4, 0.5) is 4.79 Å². The van der Waals surface area contributed by atoms with E-state index in [1.54, 1.807) is 13.8 Å². The summed E-state index contributed by atoms with van der Waals surface area (Å²) in [4.78, 5) is 35.9. The summed E-state index contributed by atoms with van der Waals surface area (Å²) in [6, 6.07) is 17.7. The van der Waals surface area contributed by atoms with E-state index in [2.05, 4.69) is 10.6 Å². The molecule has 1 atom stereocenters. The Morgan fingerprint density at radius 3 is 2.10 bits per heavy atom. The average molecular weight is 412 g/mol. The molecule has 0 heterocycles. The summed E-state index contributed by atoms with van der Waals surface area (Å²) >= 11 is 0. The molecule has 0 spiro atoms. The van der Waals surface area contributed by atoms with E-state index in [0.717, 1.165) is 11.1 Å². The Kier molecular flexibility index (Phi) is 8.41. The van der Waals surface area contributed by atoms with Crippen LogP contribution < -0.4 is 10.6 Å². The van der Waals surface area contributed by atoms with Gasteiger partial charge in [-0.15, -0.1) is 0 Å². The number of aryl methyl sites for hydroxylation is 1. The van der Waals surface area contributed by atoms with Crippen molar-refractivity contribution in [3.05, 3.63) is 71.8 Å². The van der Waals surface area contributed by atoms with Crippen LogP contribution in [0.5, 0.6) is 0 Å². The van der Waals surface area contributed by atoms with E-state index >= 15 is 0 Å². The Morgan fingerprint density at radius 2 is 1.53 bits per heavy atom. The Balaban J connectivity index is 1.81. The topological polar surface area (TPSA) is 105 Å². The summed E-state index contributed by atoms with van der Waals surface area (Å²) in [7, 11) is 0. The van der Waals surface area contributed by atoms with Gasteiger partial charge >= 0.3 is 12.1 Å². The third-order valence-electron chi connectivity index (χ3n) is 4.45. The molecule has 2 rings (SSSR count). The maximum Gasteiger partial charge on any atom is 0.407 e. The molecule has 2 amide bonds. The molecule has 0 saturated carbocycles. The van der Waals surface area contributed by atoms with Gasteiger partial charge in [0.2, 0.25) is 5.91 Å². The van der Waals surface area contributed by atoms with Gasteiger partial charge in [-0.1, -0.05) is 60.7 Å². The normalized spacial score (nSPS) is 11.9. The fourth-order valence-electron chi connectivity index (χ4n) is 2.94. The first-order valence-electron chi connectivity index (χ1n) is 9.80. The lowest BCUT2D eigenvalue weighted by Gasteiger charge is -2.26. The number of carboxylic acids is 1. The minimum atomic E-state index is -1.09. The van der Waals surface area contributed by atoms with Crippen molar-refractivity contribution in [2.75, 3.05) is 0 Å². The van der Waals surface area contributed by atoms with Crippen LogP contribution >= 0.6 is 0 Å². The van der Waals surface area contributed by atoms with Crippen molar-refractivity contribution in [2.45, 2.75) is 51.3 Å². The van der Waals surface area contributed by atoms with Crippen molar-refractivity contribution in [1.29, 1.82) is 0 Å². The number of alkyl carbamates (subject to hydrolysis) is 1. The van der Waals surface area contributed by atoms with Crippen molar-refractivity contribution in [2.24, 2.45) is 0 Å². The van der Waals surface area contributed by atoms with Gasteiger partial charge in [0.25, 0.3) is 0 Å². The highest BCUT2D eigenvalue weighted by molar-refractivity contribution is 5.84. The molecule has 160 valence electrons. The van der Waals surface area contributed by atoms with Crippen LogP contribution in [-0.2, 0) is 27.4 Å². The standard InChI is InChI=1S/C23H28N2O5/c1-23(2,25-22(29)30-16-18-11-7-4-8-12-18)15-20(26)24-19(21(27)28)14-13-17-9-5-3-6-10-17/h3-12,19H,13-16H2,1-2H3,(H,24,26)(H,25,29)(H,27,28)/t19-/m1/s1. The first-order valence-corrected chi connectivity index (χ1v) is 9.80. The van der Waals surface area contributed by atoms with E-state index in [1.165, 1.54) is 0 Å². The number of amides is 2. The first kappa shape index (κ1) is 22.9. The van der Waals surface area contributed by atoms with Crippen LogP contribution in [0.25, 0.3) is 0 Å². The molecule has 2 aromatic carbocycles. The van der Waals surface area contributed by atoms with Gasteiger partial charge in [-0.25, -0.2) is 9.59 Å². The van der Waals surface area contributed by atoms with Gasteiger partial charge in [0.15, 0.2) is 0 Å². The highest BCUT2D eigenvalue weighted by atomic mass is 16.5. The summed E-state index contributed by atoms with van der Waals surface area (Å²) in [5, 5.41) is 14.6. The Hall–Kier alpha value is -3.35. The van der Waals surface area contributed by atoms with Gasteiger partial charge in [-0.05, 0) is 37.8 Å². The summed E-state index contributed by atoms with van der Waals surface area (Å²) < 4.78 is 5.18. The Labute approximate surface area is 176 Å². The number of aliphatic carboxylic acids is 1. The van der Waals surface area contributed by atoms with Crippen molar-refractivity contribution >= 4 is 18.0 Å². The maximum atomic E-state index is 12.4. The number of hydrogen-bond acceptors (Lipinski definition) is 4. The lowest BCUT2D eigenvalue weighted by atomic mass is 9.99. The van der Waals surface area contributed by atoms with Gasteiger partial charge in [0, 0.05) is 12.0 Å². The molecule has 2 aromatic rings. The number of nitrogens with one attached hydrogen (secondary N) is 2. The Bertz CT molecular complexity index is 837. The number of carbonyl (C=O) groups excluding carboxylic acids is 2. The molecule has 0 unspecified atom stereocenters. The third-order valence-corrected chi connectivity index (χ3v) is 4.45. The van der Waals surface area contributed by atoms with Crippen LogP contribution in [0.15, 0.2) is 60.7 Å². The number of ether oxygens (including phenoxy) is 1. The molecule has 7 nitrogen and oxygen atoms in total. The minimum absolute atomic E-state index is 0.0808. The fraction of sp³-hybridized carbons (Fsp3) is 0.348. The zero-order valence-electron chi connectivity index (χ0n) is 17.3. The largest absolute Gasteiger partial charge is 0.480 e. The molecule has 30 heavy (non-hydrogen) atoms. The first-order chi connectivity index (χ1) is 14.2. The van der Waals surface area contributed by atoms with Crippen molar-refractivity contribution < 1.29 is 24.2 Å². The van der Waals surface area contributed by atoms with E-state index in [1.807, 2.05) is 60.7 Å². The van der Waals surface area contributed by atoms with E-state index in [-0.39, 0.29) is 19.4 Å². The van der Waals surface area contributed by atoms with Gasteiger partial charge in [-0.2, -0.15) is 0 Å². The second-order valence-electron chi connectivity index (χ2n) is 7.73. The second kappa shape index (κ2) is 11.0.